The zero-order chi connectivity index (χ0) is 11.9. The fourth-order valence-electron chi connectivity index (χ4n) is 1.84. The molecule has 2 aromatic rings. The molecule has 2 rings (SSSR count). The average molecular weight is 283 g/mol. The first-order valence-corrected chi connectivity index (χ1v) is 5.56. The number of hydrogen-bond donors (Lipinski definition) is 3. The second-order valence-corrected chi connectivity index (χ2v) is 4.59. The van der Waals surface area contributed by atoms with E-state index in [9.17, 15) is 4.79 Å². The molecule has 0 aliphatic rings. The zero-order valence-corrected chi connectivity index (χ0v) is 10.2. The molecule has 0 spiro atoms. The van der Waals surface area contributed by atoms with Crippen molar-refractivity contribution < 1.29 is 9.90 Å². The number of carboxylic acids is 1. The second-order valence-electron chi connectivity index (χ2n) is 3.67. The first kappa shape index (κ1) is 11.2. The lowest BCUT2D eigenvalue weighted by molar-refractivity contribution is -0.138. The van der Waals surface area contributed by atoms with Crippen LogP contribution >= 0.6 is 15.9 Å². The van der Waals surface area contributed by atoms with Crippen LogP contribution in [0.4, 0.5) is 0 Å². The lowest BCUT2D eigenvalue weighted by Gasteiger charge is -2.06. The van der Waals surface area contributed by atoms with Gasteiger partial charge in [-0.05, 0) is 25.1 Å². The van der Waals surface area contributed by atoms with Crippen molar-refractivity contribution in [2.45, 2.75) is 13.0 Å². The molecule has 0 amide bonds. The fraction of sp³-hybridized carbons (Fsp3) is 0.182. The molecule has 1 unspecified atom stereocenters. The molecule has 0 saturated heterocycles. The quantitative estimate of drug-likeness (QED) is 0.791. The van der Waals surface area contributed by atoms with Gasteiger partial charge in [0.1, 0.15) is 6.04 Å². The van der Waals surface area contributed by atoms with E-state index in [4.69, 9.17) is 10.8 Å². The molecule has 1 heterocycles. The topological polar surface area (TPSA) is 79.1 Å². The maximum Gasteiger partial charge on any atom is 0.325 e. The number of aryl methyl sites for hydroxylation is 1. The van der Waals surface area contributed by atoms with E-state index in [0.717, 1.165) is 21.1 Å². The second kappa shape index (κ2) is 3.92. The minimum Gasteiger partial charge on any atom is -0.480 e. The van der Waals surface area contributed by atoms with Crippen LogP contribution in [0.3, 0.4) is 0 Å². The first-order valence-electron chi connectivity index (χ1n) is 4.77. The largest absolute Gasteiger partial charge is 0.480 e. The van der Waals surface area contributed by atoms with Crippen molar-refractivity contribution in [1.82, 2.24) is 4.98 Å². The van der Waals surface area contributed by atoms with Gasteiger partial charge in [-0.1, -0.05) is 15.9 Å². The van der Waals surface area contributed by atoms with Crippen LogP contribution in [0.2, 0.25) is 0 Å². The van der Waals surface area contributed by atoms with Crippen molar-refractivity contribution in [1.29, 1.82) is 0 Å². The normalized spacial score (nSPS) is 12.9. The van der Waals surface area contributed by atoms with Gasteiger partial charge in [0.15, 0.2) is 0 Å². The third kappa shape index (κ3) is 1.72. The number of fused-ring (bicyclic) bond motifs is 1. The fourth-order valence-corrected chi connectivity index (χ4v) is 2.20. The van der Waals surface area contributed by atoms with E-state index in [-0.39, 0.29) is 0 Å². The van der Waals surface area contributed by atoms with E-state index in [1.54, 1.807) is 0 Å². The van der Waals surface area contributed by atoms with Crippen molar-refractivity contribution in [2.24, 2.45) is 5.73 Å². The predicted octanol–water partition coefficient (Wildman–Crippen LogP) is 2.32. The van der Waals surface area contributed by atoms with E-state index < -0.39 is 12.0 Å². The summed E-state index contributed by atoms with van der Waals surface area (Å²) in [6.07, 6.45) is 0. The summed E-state index contributed by atoms with van der Waals surface area (Å²) in [6.45, 7) is 1.83. The SMILES string of the molecule is Cc1[nH]c2ccc(Br)cc2c1C(N)C(=O)O. The van der Waals surface area contributed by atoms with Crippen molar-refractivity contribution in [3.63, 3.8) is 0 Å². The molecule has 0 aliphatic heterocycles. The van der Waals surface area contributed by atoms with Crippen LogP contribution in [-0.4, -0.2) is 16.1 Å². The maximum atomic E-state index is 10.9. The Balaban J connectivity index is 2.72. The van der Waals surface area contributed by atoms with Gasteiger partial charge in [-0.3, -0.25) is 4.79 Å². The summed E-state index contributed by atoms with van der Waals surface area (Å²) < 4.78 is 0.901. The Kier molecular flexibility index (Phi) is 2.73. The Hall–Kier alpha value is -1.33. The monoisotopic (exact) mass is 282 g/mol. The van der Waals surface area contributed by atoms with Crippen molar-refractivity contribution in [3.05, 3.63) is 33.9 Å². The third-order valence-electron chi connectivity index (χ3n) is 2.58. The number of hydrogen-bond acceptors (Lipinski definition) is 2. The van der Waals surface area contributed by atoms with Crippen molar-refractivity contribution in [3.8, 4) is 0 Å². The summed E-state index contributed by atoms with van der Waals surface area (Å²) in [4.78, 5) is 14.1. The number of aromatic amines is 1. The van der Waals surface area contributed by atoms with Gasteiger partial charge < -0.3 is 15.8 Å². The Morgan fingerprint density at radius 2 is 2.25 bits per heavy atom. The molecule has 1 aromatic carbocycles. The lowest BCUT2D eigenvalue weighted by Crippen LogP contribution is -2.21. The predicted molar refractivity (Wildman–Crippen MR) is 65.3 cm³/mol. The molecule has 0 radical (unpaired) electrons. The minimum atomic E-state index is -1.02. The molecule has 5 heteroatoms. The number of halogens is 1. The van der Waals surface area contributed by atoms with Crippen LogP contribution in [0.25, 0.3) is 10.9 Å². The standard InChI is InChI=1S/C11H11BrN2O2/c1-5-9(10(13)11(15)16)7-4-6(12)2-3-8(7)14-5/h2-4,10,14H,13H2,1H3,(H,15,16). The van der Waals surface area contributed by atoms with Gasteiger partial charge in [-0.25, -0.2) is 0 Å². The van der Waals surface area contributed by atoms with Gasteiger partial charge in [-0.2, -0.15) is 0 Å². The van der Waals surface area contributed by atoms with Crippen LogP contribution in [-0.2, 0) is 4.79 Å². The highest BCUT2D eigenvalue weighted by Crippen LogP contribution is 2.29. The average Bonchev–Trinajstić information content (AvgIpc) is 2.52. The molecule has 84 valence electrons. The molecule has 4 N–H and O–H groups in total. The Bertz CT molecular complexity index is 562. The molecule has 0 aliphatic carbocycles. The number of H-pyrrole nitrogens is 1. The summed E-state index contributed by atoms with van der Waals surface area (Å²) in [7, 11) is 0. The zero-order valence-electron chi connectivity index (χ0n) is 8.62. The van der Waals surface area contributed by atoms with Crippen LogP contribution in [0, 0.1) is 6.92 Å². The van der Waals surface area contributed by atoms with E-state index in [0.29, 0.717) is 5.56 Å². The van der Waals surface area contributed by atoms with Crippen molar-refractivity contribution in [2.75, 3.05) is 0 Å². The summed E-state index contributed by atoms with van der Waals surface area (Å²) >= 11 is 3.36. The number of aliphatic carboxylic acids is 1. The summed E-state index contributed by atoms with van der Waals surface area (Å²) in [5, 5.41) is 9.81. The maximum absolute atomic E-state index is 10.9. The van der Waals surface area contributed by atoms with Gasteiger partial charge in [0.05, 0.1) is 0 Å². The molecule has 1 atom stereocenters. The highest BCUT2D eigenvalue weighted by Gasteiger charge is 2.21. The third-order valence-corrected chi connectivity index (χ3v) is 3.07. The van der Waals surface area contributed by atoms with Gasteiger partial charge >= 0.3 is 5.97 Å². The van der Waals surface area contributed by atoms with Crippen LogP contribution < -0.4 is 5.73 Å². The molecule has 4 nitrogen and oxygen atoms in total. The van der Waals surface area contributed by atoms with Gasteiger partial charge in [-0.15, -0.1) is 0 Å². The molecular formula is C11H11BrN2O2. The molecular weight excluding hydrogens is 272 g/mol. The summed E-state index contributed by atoms with van der Waals surface area (Å²) in [6, 6.07) is 4.67. The van der Waals surface area contributed by atoms with Crippen molar-refractivity contribution >= 4 is 32.8 Å². The van der Waals surface area contributed by atoms with Gasteiger partial charge in [0.25, 0.3) is 0 Å². The molecule has 0 bridgehead atoms. The van der Waals surface area contributed by atoms with E-state index in [1.807, 2.05) is 25.1 Å². The molecule has 0 fully saturated rings. The first-order chi connectivity index (χ1) is 7.50. The van der Waals surface area contributed by atoms with Gasteiger partial charge in [0, 0.05) is 26.6 Å². The number of benzene rings is 1. The number of aromatic nitrogens is 1. The highest BCUT2D eigenvalue weighted by atomic mass is 79.9. The van der Waals surface area contributed by atoms with Crippen LogP contribution in [0.15, 0.2) is 22.7 Å². The van der Waals surface area contributed by atoms with E-state index in [1.165, 1.54) is 0 Å². The van der Waals surface area contributed by atoms with Gasteiger partial charge in [0.2, 0.25) is 0 Å². The van der Waals surface area contributed by atoms with Crippen LogP contribution in [0.5, 0.6) is 0 Å². The van der Waals surface area contributed by atoms with E-state index >= 15 is 0 Å². The Morgan fingerprint density at radius 3 is 2.88 bits per heavy atom. The molecule has 0 saturated carbocycles. The number of rotatable bonds is 2. The highest BCUT2D eigenvalue weighted by molar-refractivity contribution is 9.10. The van der Waals surface area contributed by atoms with E-state index in [2.05, 4.69) is 20.9 Å². The molecule has 16 heavy (non-hydrogen) atoms. The summed E-state index contributed by atoms with van der Waals surface area (Å²) in [5.41, 5.74) is 8.00. The number of nitrogens with two attached hydrogens (primary N) is 1. The number of carboxylic acid groups (broad SMARTS) is 1. The Morgan fingerprint density at radius 1 is 1.56 bits per heavy atom. The lowest BCUT2D eigenvalue weighted by atomic mass is 10.0. The number of carbonyl (C=O) groups is 1. The summed E-state index contributed by atoms with van der Waals surface area (Å²) in [5.74, 6) is -1.02. The number of nitrogens with one attached hydrogen (secondary N) is 1. The minimum absolute atomic E-state index is 0.642. The molecule has 1 aromatic heterocycles. The van der Waals surface area contributed by atoms with Crippen LogP contribution in [0.1, 0.15) is 17.3 Å². The Labute approximate surface area is 101 Å². The smallest absolute Gasteiger partial charge is 0.325 e.